The lowest BCUT2D eigenvalue weighted by Crippen LogP contribution is -2.42. The number of fused-ring (bicyclic) bond motifs is 2. The molecule has 0 saturated heterocycles. The molecule has 6 heteroatoms. The number of nitrogens with one attached hydrogen (secondary N) is 1. The molecule has 0 aliphatic carbocycles. The van der Waals surface area contributed by atoms with Gasteiger partial charge in [-0.3, -0.25) is 4.79 Å². The monoisotopic (exact) mass is 395 g/mol. The highest BCUT2D eigenvalue weighted by molar-refractivity contribution is 5.83. The molecule has 2 aliphatic heterocycles. The van der Waals surface area contributed by atoms with Gasteiger partial charge in [-0.25, -0.2) is 0 Å². The van der Waals surface area contributed by atoms with Crippen molar-refractivity contribution in [3.05, 3.63) is 47.5 Å². The zero-order chi connectivity index (χ0) is 20.4. The summed E-state index contributed by atoms with van der Waals surface area (Å²) in [7, 11) is 0. The van der Waals surface area contributed by atoms with Gasteiger partial charge in [0.15, 0.2) is 11.5 Å². The summed E-state index contributed by atoms with van der Waals surface area (Å²) in [6.45, 7) is 6.52. The van der Waals surface area contributed by atoms with Gasteiger partial charge in [0, 0.05) is 17.9 Å². The van der Waals surface area contributed by atoms with Crippen LogP contribution in [0.4, 0.5) is 11.4 Å². The second-order valence-electron chi connectivity index (χ2n) is 8.06. The van der Waals surface area contributed by atoms with Crippen molar-refractivity contribution in [1.82, 2.24) is 5.32 Å². The number of benzene rings is 2. The average Bonchev–Trinajstić information content (AvgIpc) is 2.72. The Labute approximate surface area is 172 Å². The number of nitrogens with zero attached hydrogens (tertiary/aromatic N) is 1. The SMILES string of the molecule is CC(C)C(NC(=O)CN1CCCc2c(N)cccc21)c1ccc2c(c1)OCCO2. The number of hydrogen-bond donors (Lipinski definition) is 2. The van der Waals surface area contributed by atoms with Crippen molar-refractivity contribution in [2.75, 3.05) is 36.9 Å². The molecule has 3 N–H and O–H groups in total. The molecular weight excluding hydrogens is 366 g/mol. The van der Waals surface area contributed by atoms with Crippen LogP contribution in [0.3, 0.4) is 0 Å². The quantitative estimate of drug-likeness (QED) is 0.760. The molecule has 0 fully saturated rings. The highest BCUT2D eigenvalue weighted by atomic mass is 16.6. The first kappa shape index (κ1) is 19.4. The number of amides is 1. The fourth-order valence-electron chi connectivity index (χ4n) is 4.17. The van der Waals surface area contributed by atoms with E-state index < -0.39 is 0 Å². The molecule has 0 aromatic heterocycles. The van der Waals surface area contributed by atoms with Gasteiger partial charge in [0.1, 0.15) is 13.2 Å². The summed E-state index contributed by atoms with van der Waals surface area (Å²) >= 11 is 0. The van der Waals surface area contributed by atoms with E-state index in [1.807, 2.05) is 30.3 Å². The van der Waals surface area contributed by atoms with Crippen LogP contribution < -0.4 is 25.4 Å². The molecule has 4 rings (SSSR count). The lowest BCUT2D eigenvalue weighted by atomic mass is 9.95. The van der Waals surface area contributed by atoms with Gasteiger partial charge in [-0.2, -0.15) is 0 Å². The lowest BCUT2D eigenvalue weighted by Gasteiger charge is -2.32. The standard InChI is InChI=1S/C23H29N3O3/c1-15(2)23(16-8-9-20-21(13-16)29-12-11-28-20)25-22(27)14-26-10-4-5-17-18(24)6-3-7-19(17)26/h3,6-9,13,15,23H,4-5,10-12,14,24H2,1-2H3,(H,25,27). The van der Waals surface area contributed by atoms with Gasteiger partial charge < -0.3 is 25.4 Å². The first-order chi connectivity index (χ1) is 14.0. The number of nitrogen functional groups attached to an aromatic ring is 1. The first-order valence-corrected chi connectivity index (χ1v) is 10.3. The molecular formula is C23H29N3O3. The molecule has 2 aromatic rings. The van der Waals surface area contributed by atoms with E-state index in [-0.39, 0.29) is 17.9 Å². The predicted molar refractivity (Wildman–Crippen MR) is 115 cm³/mol. The van der Waals surface area contributed by atoms with Gasteiger partial charge in [-0.1, -0.05) is 26.0 Å². The second kappa shape index (κ2) is 8.23. The van der Waals surface area contributed by atoms with Crippen molar-refractivity contribution in [3.63, 3.8) is 0 Å². The largest absolute Gasteiger partial charge is 0.486 e. The van der Waals surface area contributed by atoms with Crippen molar-refractivity contribution in [2.24, 2.45) is 5.92 Å². The van der Waals surface area contributed by atoms with Crippen molar-refractivity contribution in [2.45, 2.75) is 32.7 Å². The molecule has 2 heterocycles. The van der Waals surface area contributed by atoms with Gasteiger partial charge in [-0.15, -0.1) is 0 Å². The zero-order valence-corrected chi connectivity index (χ0v) is 17.1. The maximum absolute atomic E-state index is 12.9. The van der Waals surface area contributed by atoms with E-state index in [9.17, 15) is 4.79 Å². The normalized spacial score (nSPS) is 16.3. The molecule has 2 aliphatic rings. The minimum Gasteiger partial charge on any atom is -0.486 e. The number of anilines is 2. The Morgan fingerprint density at radius 3 is 2.76 bits per heavy atom. The number of carbonyl (C=O) groups excluding carboxylic acids is 1. The van der Waals surface area contributed by atoms with E-state index in [1.54, 1.807) is 0 Å². The highest BCUT2D eigenvalue weighted by Gasteiger charge is 2.24. The molecule has 0 spiro atoms. The summed E-state index contributed by atoms with van der Waals surface area (Å²) in [5.74, 6) is 1.75. The van der Waals surface area contributed by atoms with E-state index in [1.165, 1.54) is 0 Å². The van der Waals surface area contributed by atoms with Gasteiger partial charge in [0.25, 0.3) is 0 Å². The highest BCUT2D eigenvalue weighted by Crippen LogP contribution is 2.35. The molecule has 154 valence electrons. The average molecular weight is 396 g/mol. The van der Waals surface area contributed by atoms with E-state index >= 15 is 0 Å². The van der Waals surface area contributed by atoms with Crippen LogP contribution in [0.5, 0.6) is 11.5 Å². The third-order valence-corrected chi connectivity index (χ3v) is 5.63. The number of ether oxygens (including phenoxy) is 2. The van der Waals surface area contributed by atoms with Crippen LogP contribution in [-0.2, 0) is 11.2 Å². The Balaban J connectivity index is 1.49. The fraction of sp³-hybridized carbons (Fsp3) is 0.435. The second-order valence-corrected chi connectivity index (χ2v) is 8.06. The minimum atomic E-state index is -0.0940. The number of rotatable bonds is 5. The van der Waals surface area contributed by atoms with Crippen molar-refractivity contribution in [1.29, 1.82) is 0 Å². The van der Waals surface area contributed by atoms with Crippen molar-refractivity contribution >= 4 is 17.3 Å². The summed E-state index contributed by atoms with van der Waals surface area (Å²) < 4.78 is 11.3. The molecule has 1 amide bonds. The van der Waals surface area contributed by atoms with Gasteiger partial charge in [0.05, 0.1) is 12.6 Å². The molecule has 6 nitrogen and oxygen atoms in total. The van der Waals surface area contributed by atoms with E-state index in [0.717, 1.165) is 53.4 Å². The number of hydrogen-bond acceptors (Lipinski definition) is 5. The number of nitrogens with two attached hydrogens (primary N) is 1. The van der Waals surface area contributed by atoms with Gasteiger partial charge in [0.2, 0.25) is 5.91 Å². The summed E-state index contributed by atoms with van der Waals surface area (Å²) in [6.07, 6.45) is 1.97. The molecule has 0 radical (unpaired) electrons. The summed E-state index contributed by atoms with van der Waals surface area (Å²) in [5.41, 5.74) is 10.2. The topological polar surface area (TPSA) is 76.8 Å². The van der Waals surface area contributed by atoms with E-state index in [4.69, 9.17) is 15.2 Å². The molecule has 1 atom stereocenters. The third kappa shape index (κ3) is 4.11. The zero-order valence-electron chi connectivity index (χ0n) is 17.1. The van der Waals surface area contributed by atoms with Crippen molar-refractivity contribution < 1.29 is 14.3 Å². The maximum atomic E-state index is 12.9. The van der Waals surface area contributed by atoms with Crippen LogP contribution in [0.1, 0.15) is 37.4 Å². The molecule has 0 saturated carbocycles. The Kier molecular flexibility index (Phi) is 5.51. The summed E-state index contributed by atoms with van der Waals surface area (Å²) in [4.78, 5) is 15.1. The Hall–Kier alpha value is -2.89. The summed E-state index contributed by atoms with van der Waals surface area (Å²) in [6, 6.07) is 11.8. The van der Waals surface area contributed by atoms with Crippen LogP contribution in [-0.4, -0.2) is 32.2 Å². The third-order valence-electron chi connectivity index (χ3n) is 5.63. The number of carbonyl (C=O) groups is 1. The van der Waals surface area contributed by atoms with E-state index in [2.05, 4.69) is 30.1 Å². The molecule has 0 bridgehead atoms. The van der Waals surface area contributed by atoms with Crippen LogP contribution in [0.2, 0.25) is 0 Å². The fourth-order valence-corrected chi connectivity index (χ4v) is 4.17. The maximum Gasteiger partial charge on any atom is 0.240 e. The van der Waals surface area contributed by atoms with Crippen molar-refractivity contribution in [3.8, 4) is 11.5 Å². The van der Waals surface area contributed by atoms with Crippen LogP contribution in [0.15, 0.2) is 36.4 Å². The smallest absolute Gasteiger partial charge is 0.240 e. The molecule has 1 unspecified atom stereocenters. The Morgan fingerprint density at radius 1 is 1.17 bits per heavy atom. The van der Waals surface area contributed by atoms with Crippen LogP contribution in [0.25, 0.3) is 0 Å². The lowest BCUT2D eigenvalue weighted by molar-refractivity contribution is -0.120. The summed E-state index contributed by atoms with van der Waals surface area (Å²) in [5, 5.41) is 3.22. The van der Waals surface area contributed by atoms with Crippen LogP contribution >= 0.6 is 0 Å². The molecule has 2 aromatic carbocycles. The molecule has 29 heavy (non-hydrogen) atoms. The Morgan fingerprint density at radius 2 is 1.97 bits per heavy atom. The first-order valence-electron chi connectivity index (χ1n) is 10.3. The van der Waals surface area contributed by atoms with E-state index in [0.29, 0.717) is 19.8 Å². The van der Waals surface area contributed by atoms with Gasteiger partial charge in [-0.05, 0) is 54.2 Å². The van der Waals surface area contributed by atoms with Gasteiger partial charge >= 0.3 is 0 Å². The minimum absolute atomic E-state index is 0.00821. The predicted octanol–water partition coefficient (Wildman–Crippen LogP) is 3.31. The Bertz CT molecular complexity index is 897. The van der Waals surface area contributed by atoms with Crippen LogP contribution in [0, 0.1) is 5.92 Å².